The topological polar surface area (TPSA) is 132 Å². The molecule has 0 bridgehead atoms. The van der Waals surface area contributed by atoms with Crippen LogP contribution in [0.1, 0.15) is 12.8 Å². The average molecular weight is 259 g/mol. The second kappa shape index (κ2) is 7.48. The normalized spacial score (nSPS) is 9.40. The van der Waals surface area contributed by atoms with E-state index in [2.05, 4.69) is 0 Å². The van der Waals surface area contributed by atoms with Crippen molar-refractivity contribution in [3.05, 3.63) is 0 Å². The molecule has 0 aromatic heterocycles. The highest BCUT2D eigenvalue weighted by Crippen LogP contribution is 2.15. The Hall–Kier alpha value is -0.808. The standard InChI is InChI=1S/C6H8O7.Al.ClH.3H/c7-3(8)1-6(13,5(11)12)2-4(9)10;;;;;/h13H,1-2H2,(H,7,8)(H,9,10)(H,11,12);;1H;;;. The Morgan fingerprint density at radius 2 is 1.20 bits per heavy atom. The zero-order valence-corrected chi connectivity index (χ0v) is 7.65. The van der Waals surface area contributed by atoms with E-state index in [0.717, 1.165) is 0 Å². The van der Waals surface area contributed by atoms with Crippen LogP contribution in [0.3, 0.4) is 0 Å². The van der Waals surface area contributed by atoms with Crippen molar-refractivity contribution in [3.8, 4) is 0 Å². The lowest BCUT2D eigenvalue weighted by atomic mass is 9.96. The van der Waals surface area contributed by atoms with Crippen molar-refractivity contribution < 1.29 is 34.8 Å². The summed E-state index contributed by atoms with van der Waals surface area (Å²) in [5, 5.41) is 33.8. The van der Waals surface area contributed by atoms with Gasteiger partial charge in [-0.05, 0) is 0 Å². The van der Waals surface area contributed by atoms with Crippen molar-refractivity contribution in [1.29, 1.82) is 0 Å². The fourth-order valence-electron chi connectivity index (χ4n) is 0.714. The van der Waals surface area contributed by atoms with Crippen LogP contribution in [-0.2, 0) is 14.4 Å². The molecule has 0 unspecified atom stereocenters. The molecule has 0 aliphatic carbocycles. The van der Waals surface area contributed by atoms with Crippen LogP contribution in [0.2, 0.25) is 0 Å². The number of carboxylic acid groups (broad SMARTS) is 3. The molecule has 0 aromatic carbocycles. The molecule has 0 aliphatic rings. The lowest BCUT2D eigenvalue weighted by Gasteiger charge is -2.18. The van der Waals surface area contributed by atoms with Crippen LogP contribution in [0, 0.1) is 0 Å². The molecule has 88 valence electrons. The third kappa shape index (κ3) is 7.16. The highest BCUT2D eigenvalue weighted by Gasteiger charge is 2.40. The van der Waals surface area contributed by atoms with Crippen LogP contribution in [0.25, 0.3) is 0 Å². The SMILES string of the molecule is Cl.O=C(O)CC(O)(CC(=O)O)C(=O)O.[AlH3]. The van der Waals surface area contributed by atoms with E-state index in [1.165, 1.54) is 0 Å². The number of aliphatic carboxylic acids is 3. The summed E-state index contributed by atoms with van der Waals surface area (Å²) in [4.78, 5) is 30.5. The van der Waals surface area contributed by atoms with Crippen LogP contribution < -0.4 is 0 Å². The maximum absolute atomic E-state index is 10.3. The molecule has 0 rings (SSSR count). The summed E-state index contributed by atoms with van der Waals surface area (Å²) in [7, 11) is 0. The van der Waals surface area contributed by atoms with E-state index in [4.69, 9.17) is 20.4 Å². The number of rotatable bonds is 5. The molecule has 9 heteroatoms. The predicted octanol–water partition coefficient (Wildman–Crippen LogP) is -2.01. The third-order valence-electron chi connectivity index (χ3n) is 1.29. The first-order valence-corrected chi connectivity index (χ1v) is 3.17. The first-order valence-electron chi connectivity index (χ1n) is 3.17. The molecular weight excluding hydrogens is 246 g/mol. The van der Waals surface area contributed by atoms with Crippen molar-refractivity contribution in [2.24, 2.45) is 0 Å². The Morgan fingerprint density at radius 3 is 1.33 bits per heavy atom. The van der Waals surface area contributed by atoms with Crippen LogP contribution in [0.5, 0.6) is 0 Å². The molecular formula is C6H12AlClO7. The smallest absolute Gasteiger partial charge is 0.336 e. The average Bonchev–Trinajstić information content (AvgIpc) is 1.82. The Balaban J connectivity index is -0.000000720. The minimum atomic E-state index is -2.74. The largest absolute Gasteiger partial charge is 0.481 e. The van der Waals surface area contributed by atoms with Gasteiger partial charge in [-0.3, -0.25) is 9.59 Å². The first kappa shape index (κ1) is 19.7. The van der Waals surface area contributed by atoms with Gasteiger partial charge in [-0.1, -0.05) is 0 Å². The molecule has 0 aliphatic heterocycles. The zero-order valence-electron chi connectivity index (χ0n) is 6.84. The molecule has 0 saturated carbocycles. The summed E-state index contributed by atoms with van der Waals surface area (Å²) in [5.74, 6) is -5.02. The Labute approximate surface area is 101 Å². The molecule has 7 nitrogen and oxygen atoms in total. The number of halogens is 1. The lowest BCUT2D eigenvalue weighted by Crippen LogP contribution is -2.42. The molecule has 0 radical (unpaired) electrons. The Morgan fingerprint density at radius 1 is 0.933 bits per heavy atom. The van der Waals surface area contributed by atoms with Gasteiger partial charge in [0.25, 0.3) is 0 Å². The van der Waals surface area contributed by atoms with Gasteiger partial charge in [0.05, 0.1) is 12.8 Å². The molecule has 4 N–H and O–H groups in total. The quantitative estimate of drug-likeness (QED) is 0.419. The van der Waals surface area contributed by atoms with Gasteiger partial charge in [0.1, 0.15) is 0 Å². The minimum Gasteiger partial charge on any atom is -0.481 e. The predicted molar refractivity (Wildman–Crippen MR) is 54.3 cm³/mol. The van der Waals surface area contributed by atoms with Gasteiger partial charge in [-0.25, -0.2) is 4.79 Å². The maximum atomic E-state index is 10.3. The second-order valence-corrected chi connectivity index (χ2v) is 2.48. The van der Waals surface area contributed by atoms with E-state index >= 15 is 0 Å². The molecule has 0 spiro atoms. The van der Waals surface area contributed by atoms with Crippen LogP contribution in [0.15, 0.2) is 0 Å². The van der Waals surface area contributed by atoms with Crippen LogP contribution in [-0.4, -0.2) is 61.3 Å². The van der Waals surface area contributed by atoms with E-state index in [-0.39, 0.29) is 29.8 Å². The minimum absolute atomic E-state index is 0. The summed E-state index contributed by atoms with van der Waals surface area (Å²) in [6, 6.07) is 0. The highest BCUT2D eigenvalue weighted by atomic mass is 35.5. The summed E-state index contributed by atoms with van der Waals surface area (Å²) in [6.45, 7) is 0. The number of aliphatic hydroxyl groups is 1. The summed E-state index contributed by atoms with van der Waals surface area (Å²) < 4.78 is 0. The van der Waals surface area contributed by atoms with Gasteiger partial charge in [0.2, 0.25) is 0 Å². The van der Waals surface area contributed by atoms with E-state index in [9.17, 15) is 14.4 Å². The summed E-state index contributed by atoms with van der Waals surface area (Å²) in [5.41, 5.74) is -2.74. The second-order valence-electron chi connectivity index (χ2n) is 2.48. The Kier molecular flexibility index (Phi) is 9.83. The van der Waals surface area contributed by atoms with Crippen molar-refractivity contribution in [2.45, 2.75) is 18.4 Å². The molecule has 0 saturated heterocycles. The van der Waals surface area contributed by atoms with Crippen LogP contribution >= 0.6 is 12.4 Å². The van der Waals surface area contributed by atoms with Crippen molar-refractivity contribution in [1.82, 2.24) is 0 Å². The number of carboxylic acids is 3. The van der Waals surface area contributed by atoms with Crippen molar-refractivity contribution >= 4 is 47.7 Å². The maximum Gasteiger partial charge on any atom is 0.336 e. The lowest BCUT2D eigenvalue weighted by molar-refractivity contribution is -0.170. The first-order chi connectivity index (χ1) is 5.78. The molecule has 0 aromatic rings. The third-order valence-corrected chi connectivity index (χ3v) is 1.29. The molecule has 0 amide bonds. The van der Waals surface area contributed by atoms with Gasteiger partial charge in [0, 0.05) is 0 Å². The number of carbonyl (C=O) groups is 3. The van der Waals surface area contributed by atoms with Gasteiger partial charge >= 0.3 is 17.9 Å². The van der Waals surface area contributed by atoms with E-state index in [1.54, 1.807) is 0 Å². The molecule has 15 heavy (non-hydrogen) atoms. The fraction of sp³-hybridized carbons (Fsp3) is 0.500. The van der Waals surface area contributed by atoms with E-state index in [1.807, 2.05) is 0 Å². The summed E-state index contributed by atoms with van der Waals surface area (Å²) >= 11 is 0. The van der Waals surface area contributed by atoms with Gasteiger partial charge in [-0.15, -0.1) is 12.4 Å². The molecule has 0 atom stereocenters. The summed E-state index contributed by atoms with van der Waals surface area (Å²) in [6.07, 6.45) is -2.29. The Bertz CT molecular complexity index is 238. The van der Waals surface area contributed by atoms with Gasteiger partial charge in [-0.2, -0.15) is 0 Å². The number of hydrogen-bond donors (Lipinski definition) is 4. The van der Waals surface area contributed by atoms with E-state index < -0.39 is 36.4 Å². The molecule has 0 fully saturated rings. The molecule has 0 heterocycles. The monoisotopic (exact) mass is 258 g/mol. The van der Waals surface area contributed by atoms with Crippen molar-refractivity contribution in [2.75, 3.05) is 0 Å². The van der Waals surface area contributed by atoms with Gasteiger partial charge in [0.15, 0.2) is 23.0 Å². The zero-order chi connectivity index (χ0) is 10.6. The van der Waals surface area contributed by atoms with Crippen LogP contribution in [0.4, 0.5) is 0 Å². The van der Waals surface area contributed by atoms with E-state index in [0.29, 0.717) is 0 Å². The fourth-order valence-corrected chi connectivity index (χ4v) is 0.714. The highest BCUT2D eigenvalue weighted by molar-refractivity contribution is 5.88. The number of hydrogen-bond acceptors (Lipinski definition) is 4. The van der Waals surface area contributed by atoms with Crippen molar-refractivity contribution in [3.63, 3.8) is 0 Å². The van der Waals surface area contributed by atoms with Gasteiger partial charge < -0.3 is 20.4 Å².